The van der Waals surface area contributed by atoms with Gasteiger partial charge in [-0.25, -0.2) is 13.8 Å². The van der Waals surface area contributed by atoms with E-state index in [0.717, 1.165) is 18.7 Å². The zero-order chi connectivity index (χ0) is 13.1. The summed E-state index contributed by atoms with van der Waals surface area (Å²) in [6.07, 6.45) is 2.43. The molecule has 0 saturated carbocycles. The molecule has 1 heterocycles. The van der Waals surface area contributed by atoms with Crippen LogP contribution in [0.3, 0.4) is 0 Å². The molecule has 0 aliphatic carbocycles. The van der Waals surface area contributed by atoms with E-state index in [4.69, 9.17) is 5.73 Å². The summed E-state index contributed by atoms with van der Waals surface area (Å²) in [5.74, 6) is 0.782. The first-order valence-corrected chi connectivity index (χ1v) is 5.83. The maximum atomic E-state index is 13.0. The lowest BCUT2D eigenvalue weighted by Crippen LogP contribution is -2.05. The second-order valence-corrected chi connectivity index (χ2v) is 4.08. The smallest absolute Gasteiger partial charge is 0.265 e. The molecule has 0 atom stereocenters. The third kappa shape index (κ3) is 2.34. The average Bonchev–Trinajstić information content (AvgIpc) is 2.77. The zero-order valence-electron chi connectivity index (χ0n) is 10.1. The monoisotopic (exact) mass is 251 g/mol. The van der Waals surface area contributed by atoms with E-state index in [1.807, 2.05) is 6.92 Å². The Bertz CT molecular complexity index is 535. The molecular formula is C13H15F2N3. The van der Waals surface area contributed by atoms with Crippen molar-refractivity contribution in [3.8, 4) is 5.69 Å². The fraction of sp³-hybridized carbons (Fsp3) is 0.308. The largest absolute Gasteiger partial charge is 0.399 e. The van der Waals surface area contributed by atoms with Crippen LogP contribution in [-0.4, -0.2) is 9.55 Å². The van der Waals surface area contributed by atoms with Gasteiger partial charge in [-0.15, -0.1) is 0 Å². The Morgan fingerprint density at radius 3 is 2.83 bits per heavy atom. The van der Waals surface area contributed by atoms with Crippen molar-refractivity contribution in [1.29, 1.82) is 0 Å². The summed E-state index contributed by atoms with van der Waals surface area (Å²) in [5, 5.41) is 0. The quantitative estimate of drug-likeness (QED) is 0.847. The van der Waals surface area contributed by atoms with Crippen LogP contribution in [0, 0.1) is 0 Å². The number of nitrogens with two attached hydrogens (primary N) is 1. The van der Waals surface area contributed by atoms with Crippen molar-refractivity contribution in [3.05, 3.63) is 42.0 Å². The first-order chi connectivity index (χ1) is 8.63. The van der Waals surface area contributed by atoms with Gasteiger partial charge >= 0.3 is 0 Å². The van der Waals surface area contributed by atoms with E-state index in [1.165, 1.54) is 6.07 Å². The summed E-state index contributed by atoms with van der Waals surface area (Å²) < 4.78 is 27.8. The highest BCUT2D eigenvalue weighted by molar-refractivity contribution is 5.52. The van der Waals surface area contributed by atoms with Gasteiger partial charge < -0.3 is 10.3 Å². The van der Waals surface area contributed by atoms with Crippen molar-refractivity contribution >= 4 is 5.69 Å². The molecule has 0 unspecified atom stereocenters. The lowest BCUT2D eigenvalue weighted by molar-refractivity contribution is 0.151. The maximum absolute atomic E-state index is 13.0. The van der Waals surface area contributed by atoms with Crippen molar-refractivity contribution in [2.45, 2.75) is 26.2 Å². The third-order valence-electron chi connectivity index (χ3n) is 2.74. The molecule has 1 aromatic carbocycles. The second-order valence-electron chi connectivity index (χ2n) is 4.08. The maximum Gasteiger partial charge on any atom is 0.265 e. The van der Waals surface area contributed by atoms with Crippen LogP contribution in [0.5, 0.6) is 0 Å². The number of benzene rings is 1. The molecule has 2 rings (SSSR count). The zero-order valence-corrected chi connectivity index (χ0v) is 10.1. The molecule has 0 bridgehead atoms. The van der Waals surface area contributed by atoms with Gasteiger partial charge in [-0.1, -0.05) is 6.92 Å². The minimum atomic E-state index is -2.56. The van der Waals surface area contributed by atoms with Gasteiger partial charge in [0.2, 0.25) is 0 Å². The number of hydrogen-bond donors (Lipinski definition) is 1. The Morgan fingerprint density at radius 2 is 2.17 bits per heavy atom. The van der Waals surface area contributed by atoms with Crippen LogP contribution in [0.25, 0.3) is 5.69 Å². The molecule has 18 heavy (non-hydrogen) atoms. The number of anilines is 1. The molecular weight excluding hydrogens is 236 g/mol. The Labute approximate surface area is 104 Å². The molecule has 0 saturated heterocycles. The average molecular weight is 251 g/mol. The van der Waals surface area contributed by atoms with Crippen LogP contribution in [0.2, 0.25) is 0 Å². The number of rotatable bonds is 4. The number of imidazole rings is 1. The van der Waals surface area contributed by atoms with E-state index in [2.05, 4.69) is 4.98 Å². The number of hydrogen-bond acceptors (Lipinski definition) is 2. The number of alkyl halides is 2. The summed E-state index contributed by atoms with van der Waals surface area (Å²) in [5.41, 5.74) is 6.28. The highest BCUT2D eigenvalue weighted by Crippen LogP contribution is 2.28. The summed E-state index contributed by atoms with van der Waals surface area (Å²) in [6.45, 7) is 2.02. The molecule has 0 aliphatic heterocycles. The van der Waals surface area contributed by atoms with Crippen molar-refractivity contribution in [2.24, 2.45) is 0 Å². The molecule has 0 spiro atoms. The van der Waals surface area contributed by atoms with E-state index in [-0.39, 0.29) is 5.56 Å². The molecule has 2 aromatic rings. The van der Waals surface area contributed by atoms with E-state index in [1.54, 1.807) is 29.1 Å². The molecule has 0 radical (unpaired) electrons. The normalized spacial score (nSPS) is 11.1. The number of nitrogens with zero attached hydrogens (tertiary/aromatic N) is 2. The summed E-state index contributed by atoms with van der Waals surface area (Å²) in [6, 6.07) is 4.55. The van der Waals surface area contributed by atoms with Gasteiger partial charge in [0.05, 0.1) is 5.69 Å². The van der Waals surface area contributed by atoms with Gasteiger partial charge in [0.25, 0.3) is 6.43 Å². The predicted octanol–water partition coefficient (Wildman–Crippen LogP) is 3.34. The number of nitrogen functional groups attached to an aromatic ring is 1. The summed E-state index contributed by atoms with van der Waals surface area (Å²) >= 11 is 0. The highest BCUT2D eigenvalue weighted by atomic mass is 19.3. The second kappa shape index (κ2) is 5.16. The Kier molecular flexibility index (Phi) is 3.60. The van der Waals surface area contributed by atoms with Crippen LogP contribution in [0.4, 0.5) is 14.5 Å². The van der Waals surface area contributed by atoms with Gasteiger partial charge in [-0.3, -0.25) is 0 Å². The van der Waals surface area contributed by atoms with E-state index < -0.39 is 6.43 Å². The van der Waals surface area contributed by atoms with E-state index in [0.29, 0.717) is 11.4 Å². The van der Waals surface area contributed by atoms with Gasteiger partial charge in [-0.2, -0.15) is 0 Å². The molecule has 0 aliphatic rings. The van der Waals surface area contributed by atoms with Gasteiger partial charge in [-0.05, 0) is 24.6 Å². The Morgan fingerprint density at radius 1 is 1.39 bits per heavy atom. The standard InChI is InChI=1S/C13H15F2N3/c1-2-3-12-17-6-7-18(12)11-5-4-9(16)8-10(11)13(14)15/h4-8,13H,2-3,16H2,1H3. The Balaban J connectivity index is 2.52. The fourth-order valence-corrected chi connectivity index (χ4v) is 1.93. The lowest BCUT2D eigenvalue weighted by atomic mass is 10.1. The Hall–Kier alpha value is -1.91. The van der Waals surface area contributed by atoms with Crippen LogP contribution in [-0.2, 0) is 6.42 Å². The third-order valence-corrected chi connectivity index (χ3v) is 2.74. The lowest BCUT2D eigenvalue weighted by Gasteiger charge is -2.13. The number of aryl methyl sites for hydroxylation is 1. The molecule has 96 valence electrons. The van der Waals surface area contributed by atoms with Crippen molar-refractivity contribution in [3.63, 3.8) is 0 Å². The van der Waals surface area contributed by atoms with E-state index >= 15 is 0 Å². The van der Waals surface area contributed by atoms with Crippen molar-refractivity contribution in [2.75, 3.05) is 5.73 Å². The van der Waals surface area contributed by atoms with Gasteiger partial charge in [0, 0.05) is 30.1 Å². The fourth-order valence-electron chi connectivity index (χ4n) is 1.93. The van der Waals surface area contributed by atoms with Crippen LogP contribution >= 0.6 is 0 Å². The number of halogens is 2. The number of aromatic nitrogens is 2. The minimum Gasteiger partial charge on any atom is -0.399 e. The first-order valence-electron chi connectivity index (χ1n) is 5.83. The van der Waals surface area contributed by atoms with Crippen LogP contribution in [0.1, 0.15) is 31.2 Å². The summed E-state index contributed by atoms with van der Waals surface area (Å²) in [4.78, 5) is 4.19. The van der Waals surface area contributed by atoms with Crippen LogP contribution in [0.15, 0.2) is 30.6 Å². The first kappa shape index (κ1) is 12.5. The topological polar surface area (TPSA) is 43.8 Å². The molecule has 3 nitrogen and oxygen atoms in total. The SMILES string of the molecule is CCCc1nccn1-c1ccc(N)cc1C(F)F. The van der Waals surface area contributed by atoms with Gasteiger partial charge in [0.15, 0.2) is 0 Å². The molecule has 1 aromatic heterocycles. The van der Waals surface area contributed by atoms with E-state index in [9.17, 15) is 8.78 Å². The van der Waals surface area contributed by atoms with Crippen molar-refractivity contribution in [1.82, 2.24) is 9.55 Å². The molecule has 0 amide bonds. The van der Waals surface area contributed by atoms with Crippen LogP contribution < -0.4 is 5.73 Å². The predicted molar refractivity (Wildman–Crippen MR) is 66.9 cm³/mol. The van der Waals surface area contributed by atoms with Gasteiger partial charge in [0.1, 0.15) is 5.82 Å². The molecule has 0 fully saturated rings. The minimum absolute atomic E-state index is 0.0645. The molecule has 2 N–H and O–H groups in total. The highest BCUT2D eigenvalue weighted by Gasteiger charge is 2.16. The molecule has 5 heteroatoms. The summed E-state index contributed by atoms with van der Waals surface area (Å²) in [7, 11) is 0. The van der Waals surface area contributed by atoms with Crippen molar-refractivity contribution < 1.29 is 8.78 Å².